The lowest BCUT2D eigenvalue weighted by Crippen LogP contribution is -2.31. The minimum absolute atomic E-state index is 0.742. The SMILES string of the molecule is NC(C1=CCCCC1)C(F)F. The van der Waals surface area contributed by atoms with Gasteiger partial charge in [0, 0.05) is 0 Å². The van der Waals surface area contributed by atoms with Crippen molar-refractivity contribution in [3.05, 3.63) is 11.6 Å². The van der Waals surface area contributed by atoms with Gasteiger partial charge in [0.05, 0.1) is 6.04 Å². The Kier molecular flexibility index (Phi) is 3.00. The zero-order valence-corrected chi connectivity index (χ0v) is 6.39. The largest absolute Gasteiger partial charge is 0.320 e. The van der Waals surface area contributed by atoms with E-state index >= 15 is 0 Å². The second-order valence-electron chi connectivity index (χ2n) is 2.89. The molecular formula is C8H13F2N. The first-order valence-corrected chi connectivity index (χ1v) is 3.94. The lowest BCUT2D eigenvalue weighted by Gasteiger charge is -2.18. The van der Waals surface area contributed by atoms with E-state index in [9.17, 15) is 8.78 Å². The molecule has 0 spiro atoms. The molecule has 0 amide bonds. The number of nitrogens with two attached hydrogens (primary N) is 1. The molecule has 1 aliphatic rings. The van der Waals surface area contributed by atoms with Crippen molar-refractivity contribution in [3.8, 4) is 0 Å². The lowest BCUT2D eigenvalue weighted by molar-refractivity contribution is 0.127. The van der Waals surface area contributed by atoms with Gasteiger partial charge in [-0.05, 0) is 25.7 Å². The summed E-state index contributed by atoms with van der Waals surface area (Å²) in [6, 6.07) is -1.02. The van der Waals surface area contributed by atoms with Crippen molar-refractivity contribution in [2.75, 3.05) is 0 Å². The van der Waals surface area contributed by atoms with E-state index in [1.54, 1.807) is 0 Å². The van der Waals surface area contributed by atoms with Crippen LogP contribution in [-0.4, -0.2) is 12.5 Å². The van der Waals surface area contributed by atoms with Crippen molar-refractivity contribution in [3.63, 3.8) is 0 Å². The number of hydrogen-bond acceptors (Lipinski definition) is 1. The molecule has 0 saturated carbocycles. The first kappa shape index (κ1) is 8.65. The average Bonchev–Trinajstić information content (AvgIpc) is 2.05. The number of halogens is 2. The number of allylic oxidation sites excluding steroid dienone is 1. The fraction of sp³-hybridized carbons (Fsp3) is 0.750. The average molecular weight is 161 g/mol. The van der Waals surface area contributed by atoms with Crippen LogP contribution in [0.1, 0.15) is 25.7 Å². The first-order valence-electron chi connectivity index (χ1n) is 3.94. The molecule has 64 valence electrons. The predicted molar refractivity (Wildman–Crippen MR) is 40.5 cm³/mol. The summed E-state index contributed by atoms with van der Waals surface area (Å²) in [5, 5.41) is 0. The van der Waals surface area contributed by atoms with Gasteiger partial charge in [-0.25, -0.2) is 8.78 Å². The van der Waals surface area contributed by atoms with Crippen molar-refractivity contribution in [1.82, 2.24) is 0 Å². The fourth-order valence-corrected chi connectivity index (χ4v) is 1.33. The van der Waals surface area contributed by atoms with Crippen LogP contribution in [0.4, 0.5) is 8.78 Å². The number of alkyl halides is 2. The van der Waals surface area contributed by atoms with Crippen molar-refractivity contribution in [1.29, 1.82) is 0 Å². The molecule has 0 radical (unpaired) electrons. The first-order chi connectivity index (χ1) is 5.22. The summed E-state index contributed by atoms with van der Waals surface area (Å²) in [6.45, 7) is 0. The van der Waals surface area contributed by atoms with Crippen LogP contribution >= 0.6 is 0 Å². The topological polar surface area (TPSA) is 26.0 Å². The summed E-state index contributed by atoms with van der Waals surface area (Å²) in [6.07, 6.45) is 3.24. The van der Waals surface area contributed by atoms with E-state index in [-0.39, 0.29) is 0 Å². The van der Waals surface area contributed by atoms with E-state index in [1.807, 2.05) is 6.08 Å². The Balaban J connectivity index is 2.51. The Bertz CT molecular complexity index is 154. The maximum absolute atomic E-state index is 12.0. The molecule has 1 aliphatic carbocycles. The van der Waals surface area contributed by atoms with Crippen molar-refractivity contribution in [2.24, 2.45) is 5.73 Å². The van der Waals surface area contributed by atoms with Crippen LogP contribution < -0.4 is 5.73 Å². The maximum atomic E-state index is 12.0. The van der Waals surface area contributed by atoms with Gasteiger partial charge >= 0.3 is 0 Å². The summed E-state index contributed by atoms with van der Waals surface area (Å²) in [5.74, 6) is 0. The van der Waals surface area contributed by atoms with Gasteiger partial charge in [0.15, 0.2) is 0 Å². The molecule has 1 nitrogen and oxygen atoms in total. The third-order valence-electron chi connectivity index (χ3n) is 2.03. The van der Waals surface area contributed by atoms with Crippen LogP contribution in [-0.2, 0) is 0 Å². The minimum atomic E-state index is -2.40. The molecule has 1 rings (SSSR count). The van der Waals surface area contributed by atoms with Crippen molar-refractivity contribution in [2.45, 2.75) is 38.2 Å². The van der Waals surface area contributed by atoms with Gasteiger partial charge in [-0.15, -0.1) is 0 Å². The van der Waals surface area contributed by atoms with E-state index < -0.39 is 12.5 Å². The second kappa shape index (κ2) is 3.81. The highest BCUT2D eigenvalue weighted by Gasteiger charge is 2.20. The van der Waals surface area contributed by atoms with E-state index in [2.05, 4.69) is 0 Å². The highest BCUT2D eigenvalue weighted by atomic mass is 19.3. The van der Waals surface area contributed by atoms with E-state index in [1.165, 1.54) is 0 Å². The predicted octanol–water partition coefficient (Wildman–Crippen LogP) is 2.08. The number of rotatable bonds is 2. The molecule has 0 aliphatic heterocycles. The van der Waals surface area contributed by atoms with E-state index in [0.29, 0.717) is 0 Å². The molecule has 1 unspecified atom stereocenters. The molecule has 1 atom stereocenters. The summed E-state index contributed by atoms with van der Waals surface area (Å²) in [5.41, 5.74) is 6.01. The van der Waals surface area contributed by atoms with Gasteiger partial charge in [-0.2, -0.15) is 0 Å². The van der Waals surface area contributed by atoms with Crippen LogP contribution in [0.3, 0.4) is 0 Å². The zero-order chi connectivity index (χ0) is 8.27. The molecular weight excluding hydrogens is 148 g/mol. The normalized spacial score (nSPS) is 21.6. The molecule has 0 aromatic heterocycles. The third kappa shape index (κ3) is 2.26. The van der Waals surface area contributed by atoms with Crippen LogP contribution in [0.5, 0.6) is 0 Å². The van der Waals surface area contributed by atoms with Crippen LogP contribution in [0, 0.1) is 0 Å². The van der Waals surface area contributed by atoms with Gasteiger partial charge in [0.25, 0.3) is 6.43 Å². The van der Waals surface area contributed by atoms with Gasteiger partial charge < -0.3 is 5.73 Å². The Hall–Kier alpha value is -0.440. The monoisotopic (exact) mass is 161 g/mol. The Morgan fingerprint density at radius 2 is 2.09 bits per heavy atom. The highest BCUT2D eigenvalue weighted by molar-refractivity contribution is 5.13. The molecule has 0 bridgehead atoms. The second-order valence-corrected chi connectivity index (χ2v) is 2.89. The quantitative estimate of drug-likeness (QED) is 0.616. The van der Waals surface area contributed by atoms with Gasteiger partial charge in [-0.3, -0.25) is 0 Å². The fourth-order valence-electron chi connectivity index (χ4n) is 1.33. The van der Waals surface area contributed by atoms with Gasteiger partial charge in [-0.1, -0.05) is 11.6 Å². The van der Waals surface area contributed by atoms with Crippen LogP contribution in [0.15, 0.2) is 11.6 Å². The van der Waals surface area contributed by atoms with Crippen LogP contribution in [0.25, 0.3) is 0 Å². The smallest absolute Gasteiger partial charge is 0.257 e. The van der Waals surface area contributed by atoms with Gasteiger partial charge in [0.2, 0.25) is 0 Å². The minimum Gasteiger partial charge on any atom is -0.320 e. The Labute approximate surface area is 65.3 Å². The van der Waals surface area contributed by atoms with E-state index in [4.69, 9.17) is 5.73 Å². The third-order valence-corrected chi connectivity index (χ3v) is 2.03. The molecule has 2 N–H and O–H groups in total. The molecule has 0 aromatic carbocycles. The molecule has 0 fully saturated rings. The standard InChI is InChI=1S/C8H13F2N/c9-8(10)7(11)6-4-2-1-3-5-6/h4,7-8H,1-3,5,11H2. The van der Waals surface area contributed by atoms with Crippen LogP contribution in [0.2, 0.25) is 0 Å². The van der Waals surface area contributed by atoms with Gasteiger partial charge in [0.1, 0.15) is 0 Å². The lowest BCUT2D eigenvalue weighted by atomic mass is 9.95. The molecule has 0 heterocycles. The Morgan fingerprint density at radius 3 is 2.55 bits per heavy atom. The highest BCUT2D eigenvalue weighted by Crippen LogP contribution is 2.21. The molecule has 0 aromatic rings. The molecule has 3 heteroatoms. The summed E-state index contributed by atoms with van der Waals surface area (Å²) >= 11 is 0. The number of hydrogen-bond donors (Lipinski definition) is 1. The van der Waals surface area contributed by atoms with Crippen molar-refractivity contribution < 1.29 is 8.78 Å². The van der Waals surface area contributed by atoms with Crippen molar-refractivity contribution >= 4 is 0 Å². The maximum Gasteiger partial charge on any atom is 0.257 e. The Morgan fingerprint density at radius 1 is 1.36 bits per heavy atom. The molecule has 11 heavy (non-hydrogen) atoms. The zero-order valence-electron chi connectivity index (χ0n) is 6.39. The summed E-state index contributed by atoms with van der Waals surface area (Å²) in [7, 11) is 0. The summed E-state index contributed by atoms with van der Waals surface area (Å²) in [4.78, 5) is 0. The molecule has 0 saturated heterocycles. The summed E-state index contributed by atoms with van der Waals surface area (Å²) < 4.78 is 24.1. The van der Waals surface area contributed by atoms with E-state index in [0.717, 1.165) is 31.3 Å².